The Hall–Kier alpha value is -1.94. The van der Waals surface area contributed by atoms with E-state index in [1.54, 1.807) is 11.3 Å². The van der Waals surface area contributed by atoms with E-state index in [4.69, 9.17) is 0 Å². The lowest BCUT2D eigenvalue weighted by Crippen LogP contribution is -2.19. The number of nitrogens with zero attached hydrogens (tertiary/aromatic N) is 3. The summed E-state index contributed by atoms with van der Waals surface area (Å²) in [5.74, 6) is 0. The van der Waals surface area contributed by atoms with Crippen LogP contribution in [0.15, 0.2) is 48.0 Å². The average Bonchev–Trinajstić information content (AvgIpc) is 2.42. The monoisotopic (exact) mass is 286 g/mol. The fourth-order valence-corrected chi connectivity index (χ4v) is 2.56. The highest BCUT2D eigenvalue weighted by Gasteiger charge is 1.97. The van der Waals surface area contributed by atoms with E-state index in [1.165, 1.54) is 5.69 Å². The number of hydrogen-bond acceptors (Lipinski definition) is 3. The van der Waals surface area contributed by atoms with Crippen LogP contribution < -0.4 is 14.8 Å². The number of anilines is 1. The molecule has 2 rings (SSSR count). The summed E-state index contributed by atoms with van der Waals surface area (Å²) in [6.07, 6.45) is 1.84. The number of hydrogen-bond donors (Lipinski definition) is 0. The van der Waals surface area contributed by atoms with Crippen molar-refractivity contribution in [3.63, 3.8) is 0 Å². The van der Waals surface area contributed by atoms with E-state index in [0.29, 0.717) is 0 Å². The molecule has 0 unspecified atom stereocenters. The minimum Gasteiger partial charge on any atom is -0.378 e. The molecule has 2 aromatic rings. The molecule has 4 heteroatoms. The third kappa shape index (κ3) is 3.54. The summed E-state index contributed by atoms with van der Waals surface area (Å²) in [4.78, 5) is 6.63. The van der Waals surface area contributed by atoms with Crippen LogP contribution in [-0.2, 0) is 0 Å². The Morgan fingerprint density at radius 1 is 1.10 bits per heavy atom. The Kier molecular flexibility index (Phi) is 4.69. The van der Waals surface area contributed by atoms with Crippen molar-refractivity contribution in [1.82, 2.24) is 9.56 Å². The van der Waals surface area contributed by atoms with Crippen molar-refractivity contribution in [2.75, 3.05) is 33.1 Å². The zero-order valence-corrected chi connectivity index (χ0v) is 13.2. The highest BCUT2D eigenvalue weighted by Crippen LogP contribution is 2.20. The lowest BCUT2D eigenvalue weighted by molar-refractivity contribution is 0.814. The molecule has 0 radical (unpaired) electrons. The van der Waals surface area contributed by atoms with Crippen LogP contribution in [0.2, 0.25) is 0 Å². The Labute approximate surface area is 123 Å². The largest absolute Gasteiger partial charge is 0.378 e. The maximum absolute atomic E-state index is 4.53. The molecule has 0 saturated heterocycles. The first kappa shape index (κ1) is 14.5. The summed E-state index contributed by atoms with van der Waals surface area (Å²) in [7, 11) is 8.17. The maximum Gasteiger partial charge on any atom is 0.200 e. The first-order chi connectivity index (χ1) is 9.58. The highest BCUT2D eigenvalue weighted by atomic mass is 32.1. The molecular weight excluding hydrogens is 266 g/mol. The van der Waals surface area contributed by atoms with Gasteiger partial charge in [0.25, 0.3) is 0 Å². The molecule has 0 aliphatic heterocycles. The standard InChI is InChI=1S/C16H20N3S/c1-18(2)13-6-5-10-17-15-8-7-14(19(3)4)12-16(15)20-11-9-13/h5-12H,1-4H3/q+1. The maximum atomic E-state index is 4.53. The molecule has 0 spiro atoms. The summed E-state index contributed by atoms with van der Waals surface area (Å²) in [6.45, 7) is 0. The normalized spacial score (nSPS) is 10.0. The van der Waals surface area contributed by atoms with Crippen LogP contribution in [-0.4, -0.2) is 33.2 Å². The van der Waals surface area contributed by atoms with E-state index in [-0.39, 0.29) is 0 Å². The summed E-state index contributed by atoms with van der Waals surface area (Å²) >= 11 is 1.70. The second kappa shape index (κ2) is 6.48. The molecule has 0 atom stereocenters. The Morgan fingerprint density at radius 3 is 2.60 bits per heavy atom. The first-order valence-electron chi connectivity index (χ1n) is 6.47. The van der Waals surface area contributed by atoms with Crippen molar-refractivity contribution in [3.05, 3.63) is 53.3 Å². The molecule has 1 aromatic heterocycles. The smallest absolute Gasteiger partial charge is 0.200 e. The molecule has 3 nitrogen and oxygen atoms in total. The molecule has 1 heterocycles. The van der Waals surface area contributed by atoms with Crippen molar-refractivity contribution in [1.29, 1.82) is 0 Å². The molecule has 1 aromatic carbocycles. The highest BCUT2D eigenvalue weighted by molar-refractivity contribution is 7.16. The van der Waals surface area contributed by atoms with Gasteiger partial charge in [-0.1, -0.05) is 0 Å². The molecule has 20 heavy (non-hydrogen) atoms. The van der Waals surface area contributed by atoms with E-state index in [2.05, 4.69) is 50.2 Å². The van der Waals surface area contributed by atoms with Crippen LogP contribution in [0.1, 0.15) is 0 Å². The predicted molar refractivity (Wildman–Crippen MR) is 88.7 cm³/mol. The zero-order chi connectivity index (χ0) is 14.5. The van der Waals surface area contributed by atoms with E-state index in [9.17, 15) is 0 Å². The third-order valence-corrected chi connectivity index (χ3v) is 3.83. The number of fused-ring (bicyclic) bond motifs is 1. The summed E-state index contributed by atoms with van der Waals surface area (Å²) in [5, 5.41) is 3.26. The molecule has 104 valence electrons. The van der Waals surface area contributed by atoms with Gasteiger partial charge in [-0.2, -0.15) is 0 Å². The van der Waals surface area contributed by atoms with Crippen LogP contribution in [0, 0.1) is 0 Å². The van der Waals surface area contributed by atoms with Crippen LogP contribution in [0.4, 0.5) is 5.69 Å². The van der Waals surface area contributed by atoms with Crippen molar-refractivity contribution in [2.24, 2.45) is 0 Å². The minimum absolute atomic E-state index is 1.00. The van der Waals surface area contributed by atoms with E-state index in [0.717, 1.165) is 15.6 Å². The van der Waals surface area contributed by atoms with Gasteiger partial charge in [0, 0.05) is 38.1 Å². The molecule has 0 fully saturated rings. The van der Waals surface area contributed by atoms with Crippen LogP contribution in [0.5, 0.6) is 0 Å². The number of rotatable bonds is 1. The minimum atomic E-state index is 1.00. The van der Waals surface area contributed by atoms with Crippen LogP contribution in [0.3, 0.4) is 0 Å². The molecule has 0 aliphatic carbocycles. The first-order valence-corrected chi connectivity index (χ1v) is 7.35. The quantitative estimate of drug-likeness (QED) is 0.750. The fraction of sp³-hybridized carbons (Fsp3) is 0.250. The van der Waals surface area contributed by atoms with Gasteiger partial charge >= 0.3 is 0 Å². The van der Waals surface area contributed by atoms with Gasteiger partial charge in [0.05, 0.1) is 10.2 Å². The predicted octanol–water partition coefficient (Wildman–Crippen LogP) is 2.52. The summed E-state index contributed by atoms with van der Waals surface area (Å²) in [6, 6.07) is 12.5. The number of aromatic nitrogens is 1. The molecule has 0 saturated carbocycles. The molecule has 0 bridgehead atoms. The van der Waals surface area contributed by atoms with Gasteiger partial charge in [-0.25, -0.2) is 4.58 Å². The lowest BCUT2D eigenvalue weighted by atomic mass is 10.3. The van der Waals surface area contributed by atoms with Gasteiger partial charge in [-0.05, 0) is 29.6 Å². The van der Waals surface area contributed by atoms with Gasteiger partial charge in [0.15, 0.2) is 5.36 Å². The van der Waals surface area contributed by atoms with Crippen LogP contribution in [0.25, 0.3) is 10.2 Å². The van der Waals surface area contributed by atoms with Gasteiger partial charge in [-0.3, -0.25) is 4.98 Å². The van der Waals surface area contributed by atoms with Crippen molar-refractivity contribution < 1.29 is 0 Å². The Morgan fingerprint density at radius 2 is 1.90 bits per heavy atom. The van der Waals surface area contributed by atoms with Gasteiger partial charge in [0.2, 0.25) is 0 Å². The fourth-order valence-electron chi connectivity index (χ4n) is 1.78. The van der Waals surface area contributed by atoms with Crippen molar-refractivity contribution in [2.45, 2.75) is 0 Å². The Bertz CT molecular complexity index is 727. The second-order valence-electron chi connectivity index (χ2n) is 4.92. The third-order valence-electron chi connectivity index (χ3n) is 2.98. The van der Waals surface area contributed by atoms with Crippen molar-refractivity contribution in [3.8, 4) is 0 Å². The molecule has 0 amide bonds. The van der Waals surface area contributed by atoms with E-state index < -0.39 is 0 Å². The second-order valence-corrected chi connectivity index (χ2v) is 5.87. The number of benzene rings is 1. The molecule has 0 aliphatic rings. The van der Waals surface area contributed by atoms with E-state index >= 15 is 0 Å². The Balaban J connectivity index is 2.74. The van der Waals surface area contributed by atoms with E-state index in [1.807, 2.05) is 40.5 Å². The average molecular weight is 286 g/mol. The topological polar surface area (TPSA) is 19.1 Å². The van der Waals surface area contributed by atoms with Crippen molar-refractivity contribution >= 4 is 27.2 Å². The summed E-state index contributed by atoms with van der Waals surface area (Å²) in [5.41, 5.74) is 2.19. The SMILES string of the molecule is CN(C)c1ccc2ncccc(=[N+](C)C)ccsc2c1. The zero-order valence-electron chi connectivity index (χ0n) is 12.4. The van der Waals surface area contributed by atoms with Gasteiger partial charge in [0.1, 0.15) is 14.1 Å². The molecular formula is C16H20N3S+. The molecule has 0 N–H and O–H groups in total. The van der Waals surface area contributed by atoms with Gasteiger partial charge in [-0.15, -0.1) is 11.3 Å². The lowest BCUT2D eigenvalue weighted by Gasteiger charge is -2.11. The summed E-state index contributed by atoms with van der Waals surface area (Å²) < 4.78 is 3.25. The van der Waals surface area contributed by atoms with Crippen LogP contribution >= 0.6 is 11.3 Å². The van der Waals surface area contributed by atoms with Gasteiger partial charge < -0.3 is 4.90 Å².